The van der Waals surface area contributed by atoms with Gasteiger partial charge in [0.15, 0.2) is 6.10 Å². The molecule has 0 unspecified atom stereocenters. The number of benzene rings is 2. The summed E-state index contributed by atoms with van der Waals surface area (Å²) in [6.07, 6.45) is -9.31. The Kier molecular flexibility index (Phi) is 6.83. The summed E-state index contributed by atoms with van der Waals surface area (Å²) in [6.45, 7) is -0.186. The topological polar surface area (TPSA) is 81.0 Å². The van der Waals surface area contributed by atoms with Gasteiger partial charge in [-0.05, 0) is 29.3 Å². The molecule has 3 aromatic rings. The molecule has 0 radical (unpaired) electrons. The van der Waals surface area contributed by atoms with Crippen LogP contribution < -0.4 is 9.47 Å². The Morgan fingerprint density at radius 3 is 2.27 bits per heavy atom. The second-order valence-electron chi connectivity index (χ2n) is 7.57. The van der Waals surface area contributed by atoms with Gasteiger partial charge in [-0.15, -0.1) is 0 Å². The molecule has 1 fully saturated rings. The third kappa shape index (κ3) is 5.62. The number of pyridine rings is 1. The maximum absolute atomic E-state index is 12.8. The predicted octanol–water partition coefficient (Wildman–Crippen LogP) is 3.71. The number of nitrogens with zero attached hydrogens (tertiary/aromatic N) is 1. The van der Waals surface area contributed by atoms with Crippen molar-refractivity contribution in [3.63, 3.8) is 0 Å². The van der Waals surface area contributed by atoms with Crippen molar-refractivity contribution in [3.05, 3.63) is 78.5 Å². The first-order valence-electron chi connectivity index (χ1n) is 10.3. The fraction of sp³-hybridized carbons (Fsp3) is 0.292. The van der Waals surface area contributed by atoms with Crippen molar-refractivity contribution in [1.29, 1.82) is 0 Å². The van der Waals surface area contributed by atoms with Crippen molar-refractivity contribution < 1.29 is 37.6 Å². The zero-order valence-electron chi connectivity index (χ0n) is 17.4. The molecule has 1 saturated heterocycles. The Labute approximate surface area is 188 Å². The maximum Gasteiger partial charge on any atom is 0.433 e. The van der Waals surface area contributed by atoms with Crippen LogP contribution in [0.4, 0.5) is 13.2 Å². The number of hydrogen-bond donors (Lipinski definition) is 2. The number of rotatable bonds is 6. The van der Waals surface area contributed by atoms with Crippen LogP contribution in [0.3, 0.4) is 0 Å². The van der Waals surface area contributed by atoms with Crippen LogP contribution in [0.2, 0.25) is 0 Å². The Bertz CT molecular complexity index is 1050. The SMILES string of the molecule is O[C@@H]1[C@H](O)[C@@H](Oc2cccc(C(F)(F)F)n2)CO[C@@H]1COc1ccc(-c2ccccc2)cc1. The van der Waals surface area contributed by atoms with E-state index >= 15 is 0 Å². The number of aliphatic hydroxyl groups is 2. The molecule has 0 spiro atoms. The molecular formula is C24H22F3NO5. The van der Waals surface area contributed by atoms with E-state index < -0.39 is 36.3 Å². The van der Waals surface area contributed by atoms with Crippen LogP contribution in [0.15, 0.2) is 72.8 Å². The number of hydrogen-bond acceptors (Lipinski definition) is 6. The molecular weight excluding hydrogens is 439 g/mol. The number of aromatic nitrogens is 1. The molecule has 1 aromatic heterocycles. The molecule has 0 saturated carbocycles. The number of aliphatic hydroxyl groups excluding tert-OH is 2. The van der Waals surface area contributed by atoms with Crippen LogP contribution in [0.1, 0.15) is 5.69 Å². The molecule has 1 aliphatic rings. The van der Waals surface area contributed by atoms with E-state index in [1.54, 1.807) is 12.1 Å². The molecule has 2 heterocycles. The minimum Gasteiger partial charge on any atom is -0.491 e. The van der Waals surface area contributed by atoms with Gasteiger partial charge >= 0.3 is 6.18 Å². The van der Waals surface area contributed by atoms with Gasteiger partial charge in [-0.2, -0.15) is 13.2 Å². The Morgan fingerprint density at radius 2 is 1.58 bits per heavy atom. The summed E-state index contributed by atoms with van der Waals surface area (Å²) >= 11 is 0. The van der Waals surface area contributed by atoms with Gasteiger partial charge in [0.25, 0.3) is 0 Å². The van der Waals surface area contributed by atoms with Crippen LogP contribution in [-0.2, 0) is 10.9 Å². The van der Waals surface area contributed by atoms with E-state index in [1.807, 2.05) is 42.5 Å². The van der Waals surface area contributed by atoms with Gasteiger partial charge in [-0.1, -0.05) is 48.5 Å². The van der Waals surface area contributed by atoms with Crippen LogP contribution in [-0.4, -0.2) is 52.8 Å². The van der Waals surface area contributed by atoms with Gasteiger partial charge < -0.3 is 24.4 Å². The molecule has 174 valence electrons. The molecule has 1 aliphatic heterocycles. The van der Waals surface area contributed by atoms with E-state index in [1.165, 1.54) is 6.07 Å². The summed E-state index contributed by atoms with van der Waals surface area (Å²) in [7, 11) is 0. The van der Waals surface area contributed by atoms with Crippen LogP contribution in [0, 0.1) is 0 Å². The summed E-state index contributed by atoms with van der Waals surface area (Å²) in [4.78, 5) is 3.40. The van der Waals surface area contributed by atoms with Gasteiger partial charge in [-0.25, -0.2) is 4.98 Å². The Balaban J connectivity index is 1.32. The average Bonchev–Trinajstić information content (AvgIpc) is 2.82. The molecule has 0 aliphatic carbocycles. The molecule has 6 nitrogen and oxygen atoms in total. The zero-order valence-corrected chi connectivity index (χ0v) is 17.4. The van der Waals surface area contributed by atoms with Crippen molar-refractivity contribution in [1.82, 2.24) is 4.98 Å². The van der Waals surface area contributed by atoms with Gasteiger partial charge in [0.05, 0.1) is 6.61 Å². The molecule has 9 heteroatoms. The fourth-order valence-corrected chi connectivity index (χ4v) is 3.45. The summed E-state index contributed by atoms with van der Waals surface area (Å²) in [5.74, 6) is 0.240. The van der Waals surface area contributed by atoms with Crippen LogP contribution in [0.5, 0.6) is 11.6 Å². The summed E-state index contributed by atoms with van der Waals surface area (Å²) in [5.41, 5.74) is 0.978. The lowest BCUT2D eigenvalue weighted by Gasteiger charge is -2.37. The summed E-state index contributed by atoms with van der Waals surface area (Å²) in [5, 5.41) is 20.8. The zero-order chi connectivity index (χ0) is 23.4. The van der Waals surface area contributed by atoms with Gasteiger partial charge in [0.1, 0.15) is 36.4 Å². The van der Waals surface area contributed by atoms with Gasteiger partial charge in [-0.3, -0.25) is 0 Å². The molecule has 4 atom stereocenters. The van der Waals surface area contributed by atoms with Crippen molar-refractivity contribution in [2.45, 2.75) is 30.6 Å². The van der Waals surface area contributed by atoms with Crippen LogP contribution in [0.25, 0.3) is 11.1 Å². The maximum atomic E-state index is 12.8. The minimum absolute atomic E-state index is 0.0303. The van der Waals surface area contributed by atoms with Gasteiger partial charge in [0.2, 0.25) is 5.88 Å². The lowest BCUT2D eigenvalue weighted by molar-refractivity contribution is -0.187. The molecule has 2 N–H and O–H groups in total. The monoisotopic (exact) mass is 461 g/mol. The Morgan fingerprint density at radius 1 is 0.879 bits per heavy atom. The van der Waals surface area contributed by atoms with E-state index in [-0.39, 0.29) is 19.1 Å². The summed E-state index contributed by atoms with van der Waals surface area (Å²) in [6, 6.07) is 20.4. The van der Waals surface area contributed by atoms with E-state index in [0.717, 1.165) is 23.3 Å². The number of halogens is 3. The lowest BCUT2D eigenvalue weighted by Crippen LogP contribution is -2.56. The predicted molar refractivity (Wildman–Crippen MR) is 113 cm³/mol. The van der Waals surface area contributed by atoms with Gasteiger partial charge in [0, 0.05) is 6.07 Å². The standard InChI is InChI=1S/C24H22F3NO5/c25-24(26,27)20-7-4-8-21(28-20)33-19-14-32-18(22(29)23(19)30)13-31-17-11-9-16(10-12-17)15-5-2-1-3-6-15/h1-12,18-19,22-23,29-30H,13-14H2/t18-,19+,22+,23-/m1/s1. The highest BCUT2D eigenvalue weighted by molar-refractivity contribution is 5.63. The number of ether oxygens (including phenoxy) is 3. The first kappa shape index (κ1) is 23.0. The fourth-order valence-electron chi connectivity index (χ4n) is 3.45. The van der Waals surface area contributed by atoms with E-state index in [9.17, 15) is 23.4 Å². The summed E-state index contributed by atoms with van der Waals surface area (Å²) < 4.78 is 55.1. The molecule has 2 aromatic carbocycles. The molecule has 33 heavy (non-hydrogen) atoms. The smallest absolute Gasteiger partial charge is 0.433 e. The number of alkyl halides is 3. The van der Waals surface area contributed by atoms with Crippen molar-refractivity contribution in [2.75, 3.05) is 13.2 Å². The highest BCUT2D eigenvalue weighted by Gasteiger charge is 2.40. The average molecular weight is 461 g/mol. The second-order valence-corrected chi connectivity index (χ2v) is 7.57. The third-order valence-electron chi connectivity index (χ3n) is 5.25. The van der Waals surface area contributed by atoms with Crippen molar-refractivity contribution in [3.8, 4) is 22.8 Å². The third-order valence-corrected chi connectivity index (χ3v) is 5.25. The quantitative estimate of drug-likeness (QED) is 0.583. The lowest BCUT2D eigenvalue weighted by atomic mass is 10.0. The van der Waals surface area contributed by atoms with E-state index in [0.29, 0.717) is 5.75 Å². The van der Waals surface area contributed by atoms with Crippen LogP contribution >= 0.6 is 0 Å². The first-order valence-corrected chi connectivity index (χ1v) is 10.3. The highest BCUT2D eigenvalue weighted by Crippen LogP contribution is 2.29. The normalized spacial score (nSPS) is 23.2. The minimum atomic E-state index is -4.62. The first-order chi connectivity index (χ1) is 15.8. The Hall–Kier alpha value is -3.14. The van der Waals surface area contributed by atoms with Crippen molar-refractivity contribution in [2.24, 2.45) is 0 Å². The molecule has 4 rings (SSSR count). The van der Waals surface area contributed by atoms with Crippen molar-refractivity contribution >= 4 is 0 Å². The second kappa shape index (κ2) is 9.78. The highest BCUT2D eigenvalue weighted by atomic mass is 19.4. The molecule has 0 bridgehead atoms. The van der Waals surface area contributed by atoms with E-state index in [4.69, 9.17) is 14.2 Å². The van der Waals surface area contributed by atoms with E-state index in [2.05, 4.69) is 4.98 Å². The largest absolute Gasteiger partial charge is 0.491 e. The molecule has 0 amide bonds.